The Morgan fingerprint density at radius 2 is 1.15 bits per heavy atom. The highest BCUT2D eigenvalue weighted by atomic mass is 16.6. The lowest BCUT2D eigenvalue weighted by molar-refractivity contribution is 0.0142. The lowest BCUT2D eigenvalue weighted by Gasteiger charge is -2.46. The molecule has 236 valence electrons. The first-order valence-corrected chi connectivity index (χ1v) is 16.1. The molecular formula is C34H60N2O5. The van der Waals surface area contributed by atoms with Gasteiger partial charge < -0.3 is 33.5 Å². The number of allylic oxidation sites excluding steroid dienone is 6. The van der Waals surface area contributed by atoms with Crippen LogP contribution in [0, 0.1) is 35.5 Å². The molecule has 0 aromatic carbocycles. The van der Waals surface area contributed by atoms with E-state index in [0.717, 1.165) is 42.4 Å². The molecule has 0 aliphatic carbocycles. The predicted molar refractivity (Wildman–Crippen MR) is 166 cm³/mol. The Balaban J connectivity index is 1.86. The molecule has 0 spiro atoms. The van der Waals surface area contributed by atoms with Crippen LogP contribution in [0.1, 0.15) is 82.1 Å². The largest absolute Gasteiger partial charge is 0.494 e. The van der Waals surface area contributed by atoms with Crippen molar-refractivity contribution in [3.05, 3.63) is 34.4 Å². The molecule has 4 unspecified atom stereocenters. The van der Waals surface area contributed by atoms with Gasteiger partial charge in [0.1, 0.15) is 49.5 Å². The van der Waals surface area contributed by atoms with Crippen molar-refractivity contribution in [2.24, 2.45) is 35.5 Å². The third-order valence-corrected chi connectivity index (χ3v) is 8.71. The molecule has 3 aliphatic rings. The molecule has 41 heavy (non-hydrogen) atoms. The molecule has 0 saturated carbocycles. The average molecular weight is 577 g/mol. The van der Waals surface area contributed by atoms with Crippen LogP contribution in [0.25, 0.3) is 0 Å². The Hall–Kier alpha value is -2.02. The van der Waals surface area contributed by atoms with E-state index in [2.05, 4.69) is 86.1 Å². The Labute approximate surface area is 251 Å². The van der Waals surface area contributed by atoms with Crippen LogP contribution in [-0.4, -0.2) is 75.6 Å². The van der Waals surface area contributed by atoms with Gasteiger partial charge in [0.2, 0.25) is 0 Å². The first-order chi connectivity index (χ1) is 19.4. The fourth-order valence-electron chi connectivity index (χ4n) is 6.79. The molecule has 0 N–H and O–H groups in total. The zero-order chi connectivity index (χ0) is 30.4. The Bertz CT molecular complexity index is 951. The van der Waals surface area contributed by atoms with Gasteiger partial charge in [-0.1, -0.05) is 69.2 Å². The standard InChI is InChI=1S/C34H60N2O5/c1-21(2)29-31(22(3)4)41-20-28(36(29)13-14-37-12)17-25(9)30-32(23(5)6)40-19-27(35(30)11)18-26(10)34-33(24(7)8)38-15-16-39-34/h21-28H,13-20H2,1-12H3. The van der Waals surface area contributed by atoms with Gasteiger partial charge in [0, 0.05) is 50.3 Å². The second-order valence-corrected chi connectivity index (χ2v) is 13.5. The first-order valence-electron chi connectivity index (χ1n) is 16.1. The van der Waals surface area contributed by atoms with Crippen LogP contribution in [-0.2, 0) is 23.7 Å². The van der Waals surface area contributed by atoms with E-state index in [1.165, 1.54) is 11.4 Å². The summed E-state index contributed by atoms with van der Waals surface area (Å²) in [5.74, 6) is 6.25. The highest BCUT2D eigenvalue weighted by Gasteiger charge is 2.38. The summed E-state index contributed by atoms with van der Waals surface area (Å²) in [5.41, 5.74) is 2.67. The van der Waals surface area contributed by atoms with Gasteiger partial charge in [0.15, 0.2) is 0 Å². The van der Waals surface area contributed by atoms with Crippen LogP contribution in [0.4, 0.5) is 0 Å². The normalized spacial score (nSPS) is 23.8. The number of nitrogens with zero attached hydrogens (tertiary/aromatic N) is 2. The van der Waals surface area contributed by atoms with Crippen LogP contribution >= 0.6 is 0 Å². The third kappa shape index (κ3) is 7.88. The maximum atomic E-state index is 6.58. The van der Waals surface area contributed by atoms with Gasteiger partial charge in [-0.2, -0.15) is 0 Å². The molecule has 0 aromatic rings. The molecule has 7 nitrogen and oxygen atoms in total. The minimum absolute atomic E-state index is 0.255. The molecule has 0 amide bonds. The zero-order valence-corrected chi connectivity index (χ0v) is 28.2. The third-order valence-electron chi connectivity index (χ3n) is 8.71. The van der Waals surface area contributed by atoms with Crippen molar-refractivity contribution < 1.29 is 23.7 Å². The maximum absolute atomic E-state index is 6.58. The van der Waals surface area contributed by atoms with Crippen LogP contribution in [0.5, 0.6) is 0 Å². The van der Waals surface area contributed by atoms with E-state index in [1.54, 1.807) is 7.11 Å². The summed E-state index contributed by atoms with van der Waals surface area (Å²) >= 11 is 0. The summed E-state index contributed by atoms with van der Waals surface area (Å²) in [6, 6.07) is 0.544. The minimum atomic E-state index is 0.255. The monoisotopic (exact) mass is 576 g/mol. The van der Waals surface area contributed by atoms with Crippen molar-refractivity contribution >= 4 is 0 Å². The second kappa shape index (κ2) is 14.9. The molecule has 3 heterocycles. The molecule has 7 heteroatoms. The van der Waals surface area contributed by atoms with Gasteiger partial charge in [-0.25, -0.2) is 0 Å². The first kappa shape index (κ1) is 33.5. The van der Waals surface area contributed by atoms with Crippen LogP contribution in [0.2, 0.25) is 0 Å². The number of hydrogen-bond acceptors (Lipinski definition) is 7. The van der Waals surface area contributed by atoms with E-state index in [9.17, 15) is 0 Å². The number of rotatable bonds is 13. The Kier molecular flexibility index (Phi) is 12.2. The Morgan fingerprint density at radius 1 is 0.634 bits per heavy atom. The number of ether oxygens (including phenoxy) is 5. The summed E-state index contributed by atoms with van der Waals surface area (Å²) < 4.78 is 30.9. The Morgan fingerprint density at radius 3 is 1.68 bits per heavy atom. The number of hydrogen-bond donors (Lipinski definition) is 0. The lowest BCUT2D eigenvalue weighted by atomic mass is 9.88. The maximum Gasteiger partial charge on any atom is 0.137 e. The van der Waals surface area contributed by atoms with E-state index in [-0.39, 0.29) is 18.0 Å². The van der Waals surface area contributed by atoms with Gasteiger partial charge in [-0.3, -0.25) is 0 Å². The van der Waals surface area contributed by atoms with Crippen molar-refractivity contribution in [3.8, 4) is 0 Å². The zero-order valence-electron chi connectivity index (χ0n) is 28.2. The molecule has 0 bridgehead atoms. The fourth-order valence-corrected chi connectivity index (χ4v) is 6.79. The summed E-state index contributed by atoms with van der Waals surface area (Å²) in [4.78, 5) is 5.10. The van der Waals surface area contributed by atoms with Gasteiger partial charge in [-0.05, 0) is 18.8 Å². The summed E-state index contributed by atoms with van der Waals surface area (Å²) in [5, 5.41) is 0. The van der Waals surface area contributed by atoms with Crippen molar-refractivity contribution in [1.82, 2.24) is 9.80 Å². The summed E-state index contributed by atoms with van der Waals surface area (Å²) in [7, 11) is 4.06. The van der Waals surface area contributed by atoms with E-state index < -0.39 is 0 Å². The van der Waals surface area contributed by atoms with E-state index >= 15 is 0 Å². The minimum Gasteiger partial charge on any atom is -0.494 e. The molecule has 0 saturated heterocycles. The van der Waals surface area contributed by atoms with Crippen molar-refractivity contribution in [2.75, 3.05) is 53.7 Å². The van der Waals surface area contributed by atoms with E-state index in [1.807, 2.05) is 0 Å². The quantitative estimate of drug-likeness (QED) is 0.233. The smallest absolute Gasteiger partial charge is 0.137 e. The molecule has 0 fully saturated rings. The van der Waals surface area contributed by atoms with Gasteiger partial charge >= 0.3 is 0 Å². The molecule has 0 aromatic heterocycles. The SMILES string of the molecule is COCCN1C(C(C)C)=C(C(C)C)OCC1CC(C)C1=C(C(C)C)OCC(CC(C)C2=C(C(C)C)OCCO2)N1C. The molecule has 4 atom stereocenters. The van der Waals surface area contributed by atoms with Crippen molar-refractivity contribution in [1.29, 1.82) is 0 Å². The van der Waals surface area contributed by atoms with Gasteiger partial charge in [0.25, 0.3) is 0 Å². The van der Waals surface area contributed by atoms with Crippen LogP contribution in [0.3, 0.4) is 0 Å². The molecule has 3 rings (SSSR count). The van der Waals surface area contributed by atoms with Gasteiger partial charge in [0.05, 0.1) is 30.1 Å². The van der Waals surface area contributed by atoms with Crippen LogP contribution < -0.4 is 0 Å². The lowest BCUT2D eigenvalue weighted by Crippen LogP contribution is -2.48. The van der Waals surface area contributed by atoms with Gasteiger partial charge in [-0.15, -0.1) is 0 Å². The molecule has 3 aliphatic heterocycles. The molecule has 0 radical (unpaired) electrons. The number of methoxy groups -OCH3 is 1. The highest BCUT2D eigenvalue weighted by Crippen LogP contribution is 2.39. The van der Waals surface area contributed by atoms with Crippen molar-refractivity contribution in [2.45, 2.75) is 94.2 Å². The predicted octanol–water partition coefficient (Wildman–Crippen LogP) is 7.02. The summed E-state index contributed by atoms with van der Waals surface area (Å²) in [6.07, 6.45) is 1.95. The van der Waals surface area contributed by atoms with E-state index in [4.69, 9.17) is 23.7 Å². The fraction of sp³-hybridized carbons (Fsp3) is 0.824. The topological polar surface area (TPSA) is 52.6 Å². The van der Waals surface area contributed by atoms with E-state index in [0.29, 0.717) is 62.6 Å². The molecular weight excluding hydrogens is 516 g/mol. The summed E-state index contributed by atoms with van der Waals surface area (Å²) in [6.45, 7) is 26.7. The number of likely N-dealkylation sites (N-methyl/N-ethyl adjacent to an activating group) is 1. The van der Waals surface area contributed by atoms with Crippen molar-refractivity contribution in [3.63, 3.8) is 0 Å². The second-order valence-electron chi connectivity index (χ2n) is 13.5. The average Bonchev–Trinajstić information content (AvgIpc) is 2.92. The highest BCUT2D eigenvalue weighted by molar-refractivity contribution is 5.20. The van der Waals surface area contributed by atoms with Crippen LogP contribution in [0.15, 0.2) is 34.4 Å².